The summed E-state index contributed by atoms with van der Waals surface area (Å²) in [5, 5.41) is 0. The van der Waals surface area contributed by atoms with Crippen LogP contribution in [0.2, 0.25) is 0 Å². The fraction of sp³-hybridized carbons (Fsp3) is 0.818. The fourth-order valence-electron chi connectivity index (χ4n) is 2.39. The summed E-state index contributed by atoms with van der Waals surface area (Å²) in [6, 6.07) is 0.772. The number of fused-ring (bicyclic) bond motifs is 2. The van der Waals surface area contributed by atoms with Crippen LogP contribution in [0, 0.1) is 11.3 Å². The molecule has 1 heterocycles. The van der Waals surface area contributed by atoms with Crippen molar-refractivity contribution in [2.45, 2.75) is 33.2 Å². The Hall–Kier alpha value is -0.300. The van der Waals surface area contributed by atoms with Gasteiger partial charge >= 0.3 is 0 Å². The average molecular weight is 165 g/mol. The minimum absolute atomic E-state index is 0.457. The molecule has 1 heteroatoms. The minimum Gasteiger partial charge on any atom is -0.296 e. The number of nitrogens with zero attached hydrogens (tertiary/aromatic N) is 1. The van der Waals surface area contributed by atoms with Crippen LogP contribution in [-0.4, -0.2) is 24.0 Å². The van der Waals surface area contributed by atoms with Crippen LogP contribution in [0.1, 0.15) is 27.2 Å². The molecule has 0 amide bonds. The highest BCUT2D eigenvalue weighted by atomic mass is 15.2. The topological polar surface area (TPSA) is 3.24 Å². The van der Waals surface area contributed by atoms with Gasteiger partial charge in [-0.15, -0.1) is 0 Å². The summed E-state index contributed by atoms with van der Waals surface area (Å²) in [6.45, 7) is 9.52. The number of likely N-dealkylation sites (tertiary alicyclic amines) is 1. The summed E-state index contributed by atoms with van der Waals surface area (Å²) >= 11 is 0. The second-order valence-electron chi connectivity index (χ2n) is 5.44. The van der Waals surface area contributed by atoms with Crippen molar-refractivity contribution in [2.75, 3.05) is 13.1 Å². The van der Waals surface area contributed by atoms with E-state index in [1.54, 1.807) is 0 Å². The lowest BCUT2D eigenvalue weighted by Crippen LogP contribution is -2.36. The van der Waals surface area contributed by atoms with Crippen molar-refractivity contribution in [3.8, 4) is 0 Å². The highest BCUT2D eigenvalue weighted by Crippen LogP contribution is 2.33. The van der Waals surface area contributed by atoms with Crippen LogP contribution in [0.5, 0.6) is 0 Å². The van der Waals surface area contributed by atoms with Gasteiger partial charge in [0.05, 0.1) is 0 Å². The second kappa shape index (κ2) is 2.59. The molecule has 0 saturated carbocycles. The molecule has 2 atom stereocenters. The molecule has 1 aliphatic carbocycles. The average Bonchev–Trinajstić information content (AvgIpc) is 2.42. The van der Waals surface area contributed by atoms with E-state index in [-0.39, 0.29) is 0 Å². The molecule has 0 aromatic rings. The summed E-state index contributed by atoms with van der Waals surface area (Å²) in [6.07, 6.45) is 6.17. The summed E-state index contributed by atoms with van der Waals surface area (Å²) in [5.41, 5.74) is 0.457. The zero-order valence-corrected chi connectivity index (χ0v) is 8.38. The van der Waals surface area contributed by atoms with E-state index in [9.17, 15) is 0 Å². The molecule has 12 heavy (non-hydrogen) atoms. The first-order chi connectivity index (χ1) is 5.54. The van der Waals surface area contributed by atoms with Crippen LogP contribution in [0.25, 0.3) is 0 Å². The van der Waals surface area contributed by atoms with Crippen LogP contribution < -0.4 is 0 Å². The van der Waals surface area contributed by atoms with Gasteiger partial charge in [0.2, 0.25) is 0 Å². The molecule has 68 valence electrons. The molecule has 1 saturated heterocycles. The Morgan fingerprint density at radius 1 is 1.33 bits per heavy atom. The van der Waals surface area contributed by atoms with Gasteiger partial charge in [-0.3, -0.25) is 4.90 Å². The Bertz CT molecular complexity index is 200. The van der Waals surface area contributed by atoms with E-state index in [2.05, 4.69) is 37.8 Å². The van der Waals surface area contributed by atoms with Gasteiger partial charge in [-0.05, 0) is 17.8 Å². The lowest BCUT2D eigenvalue weighted by Gasteiger charge is -2.30. The molecular weight excluding hydrogens is 146 g/mol. The first kappa shape index (κ1) is 8.31. The first-order valence-electron chi connectivity index (χ1n) is 4.97. The third-order valence-corrected chi connectivity index (χ3v) is 2.77. The lowest BCUT2D eigenvalue weighted by atomic mass is 9.95. The van der Waals surface area contributed by atoms with E-state index in [4.69, 9.17) is 0 Å². The van der Waals surface area contributed by atoms with Crippen molar-refractivity contribution in [2.24, 2.45) is 11.3 Å². The van der Waals surface area contributed by atoms with Crippen LogP contribution in [-0.2, 0) is 0 Å². The Labute approximate surface area is 75.4 Å². The Morgan fingerprint density at radius 3 is 2.50 bits per heavy atom. The molecule has 0 aromatic heterocycles. The van der Waals surface area contributed by atoms with E-state index in [0.717, 1.165) is 12.0 Å². The molecule has 2 unspecified atom stereocenters. The third kappa shape index (κ3) is 1.56. The predicted molar refractivity (Wildman–Crippen MR) is 52.1 cm³/mol. The summed E-state index contributed by atoms with van der Waals surface area (Å²) in [4.78, 5) is 2.63. The van der Waals surface area contributed by atoms with E-state index in [0.29, 0.717) is 5.41 Å². The van der Waals surface area contributed by atoms with Crippen LogP contribution in [0.15, 0.2) is 12.2 Å². The van der Waals surface area contributed by atoms with Gasteiger partial charge in [-0.25, -0.2) is 0 Å². The van der Waals surface area contributed by atoms with Crippen LogP contribution in [0.4, 0.5) is 0 Å². The van der Waals surface area contributed by atoms with Crippen molar-refractivity contribution in [1.82, 2.24) is 4.90 Å². The first-order valence-corrected chi connectivity index (χ1v) is 4.97. The van der Waals surface area contributed by atoms with Crippen molar-refractivity contribution in [3.05, 3.63) is 12.2 Å². The maximum atomic E-state index is 2.63. The predicted octanol–water partition coefficient (Wildman–Crippen LogP) is 2.29. The molecule has 2 aliphatic rings. The standard InChI is InChI=1S/C11H19N/c1-11(2,3)8-12-7-9-4-5-10(12)6-9/h4-5,9-10H,6-8H2,1-3H3. The molecule has 0 radical (unpaired) electrons. The maximum absolute atomic E-state index is 2.63. The molecule has 2 bridgehead atoms. The summed E-state index contributed by atoms with van der Waals surface area (Å²) in [5.74, 6) is 0.873. The number of hydrogen-bond acceptors (Lipinski definition) is 1. The molecule has 1 aliphatic heterocycles. The van der Waals surface area contributed by atoms with Crippen molar-refractivity contribution < 1.29 is 0 Å². The smallest absolute Gasteiger partial charge is 0.0284 e. The number of hydrogen-bond donors (Lipinski definition) is 0. The summed E-state index contributed by atoms with van der Waals surface area (Å²) in [7, 11) is 0. The molecular formula is C11H19N. The SMILES string of the molecule is CC(C)(C)CN1CC2C=CC1C2. The molecule has 0 aromatic carbocycles. The summed E-state index contributed by atoms with van der Waals surface area (Å²) < 4.78 is 0. The second-order valence-corrected chi connectivity index (χ2v) is 5.44. The normalized spacial score (nSPS) is 34.9. The van der Waals surface area contributed by atoms with Crippen molar-refractivity contribution in [1.29, 1.82) is 0 Å². The van der Waals surface area contributed by atoms with E-state index in [1.807, 2.05) is 0 Å². The molecule has 1 nitrogen and oxygen atoms in total. The zero-order valence-electron chi connectivity index (χ0n) is 8.38. The van der Waals surface area contributed by atoms with Gasteiger partial charge in [0.1, 0.15) is 0 Å². The Kier molecular flexibility index (Phi) is 1.80. The Morgan fingerprint density at radius 2 is 2.08 bits per heavy atom. The molecule has 0 spiro atoms. The maximum Gasteiger partial charge on any atom is 0.0284 e. The van der Waals surface area contributed by atoms with Crippen LogP contribution in [0.3, 0.4) is 0 Å². The van der Waals surface area contributed by atoms with Crippen LogP contribution >= 0.6 is 0 Å². The monoisotopic (exact) mass is 165 g/mol. The van der Waals surface area contributed by atoms with E-state index >= 15 is 0 Å². The number of rotatable bonds is 1. The zero-order chi connectivity index (χ0) is 8.77. The van der Waals surface area contributed by atoms with Gasteiger partial charge in [0.25, 0.3) is 0 Å². The third-order valence-electron chi connectivity index (χ3n) is 2.77. The quantitative estimate of drug-likeness (QED) is 0.539. The molecule has 2 rings (SSSR count). The van der Waals surface area contributed by atoms with Gasteiger partial charge < -0.3 is 0 Å². The van der Waals surface area contributed by atoms with Gasteiger partial charge in [0.15, 0.2) is 0 Å². The van der Waals surface area contributed by atoms with Crippen molar-refractivity contribution in [3.63, 3.8) is 0 Å². The highest BCUT2D eigenvalue weighted by Gasteiger charge is 2.34. The fourth-order valence-corrected chi connectivity index (χ4v) is 2.39. The van der Waals surface area contributed by atoms with Gasteiger partial charge in [-0.1, -0.05) is 32.9 Å². The van der Waals surface area contributed by atoms with Crippen molar-refractivity contribution >= 4 is 0 Å². The largest absolute Gasteiger partial charge is 0.296 e. The van der Waals surface area contributed by atoms with Gasteiger partial charge in [0, 0.05) is 19.1 Å². The van der Waals surface area contributed by atoms with Gasteiger partial charge in [-0.2, -0.15) is 0 Å². The molecule has 0 N–H and O–H groups in total. The van der Waals surface area contributed by atoms with E-state index < -0.39 is 0 Å². The highest BCUT2D eigenvalue weighted by molar-refractivity contribution is 5.13. The van der Waals surface area contributed by atoms with E-state index in [1.165, 1.54) is 19.5 Å². The minimum atomic E-state index is 0.457. The Balaban J connectivity index is 1.96. The lowest BCUT2D eigenvalue weighted by molar-refractivity contribution is 0.192. The molecule has 1 fully saturated rings.